The van der Waals surface area contributed by atoms with E-state index >= 15 is 0 Å². The summed E-state index contributed by atoms with van der Waals surface area (Å²) in [6.45, 7) is 3.09. The molecule has 0 atom stereocenters. The van der Waals surface area contributed by atoms with Crippen LogP contribution in [-0.2, 0) is 9.53 Å². The van der Waals surface area contributed by atoms with Gasteiger partial charge in [-0.25, -0.2) is 0 Å². The number of amides is 1. The van der Waals surface area contributed by atoms with Gasteiger partial charge < -0.3 is 15.0 Å². The number of benzene rings is 1. The number of morpholine rings is 1. The lowest BCUT2D eigenvalue weighted by molar-refractivity contribution is -0.112. The summed E-state index contributed by atoms with van der Waals surface area (Å²) in [6.07, 6.45) is 0. The van der Waals surface area contributed by atoms with Gasteiger partial charge in [0.15, 0.2) is 0 Å². The molecule has 0 unspecified atom stereocenters. The van der Waals surface area contributed by atoms with E-state index in [0.717, 1.165) is 18.8 Å². The van der Waals surface area contributed by atoms with Crippen molar-refractivity contribution in [2.45, 2.75) is 0 Å². The Kier molecular flexibility index (Phi) is 2.33. The van der Waals surface area contributed by atoms with E-state index in [-0.39, 0.29) is 0 Å². The van der Waals surface area contributed by atoms with Crippen LogP contribution >= 0.6 is 0 Å². The maximum Gasteiger partial charge on any atom is 0.296 e. The van der Waals surface area contributed by atoms with E-state index < -0.39 is 11.7 Å². The molecule has 1 N–H and O–H groups in total. The van der Waals surface area contributed by atoms with Gasteiger partial charge in [0.25, 0.3) is 11.7 Å². The van der Waals surface area contributed by atoms with Crippen LogP contribution in [0.2, 0.25) is 0 Å². The zero-order valence-electron chi connectivity index (χ0n) is 9.23. The number of hydrogen-bond donors (Lipinski definition) is 1. The zero-order chi connectivity index (χ0) is 11.8. The number of nitrogens with zero attached hydrogens (tertiary/aromatic N) is 1. The second-order valence-corrected chi connectivity index (χ2v) is 4.11. The lowest BCUT2D eigenvalue weighted by Crippen LogP contribution is -2.36. The molecule has 1 saturated heterocycles. The first-order valence-corrected chi connectivity index (χ1v) is 5.58. The quantitative estimate of drug-likeness (QED) is 0.722. The van der Waals surface area contributed by atoms with Gasteiger partial charge in [-0.05, 0) is 18.2 Å². The highest BCUT2D eigenvalue weighted by Crippen LogP contribution is 2.28. The van der Waals surface area contributed by atoms with E-state index in [1.54, 1.807) is 6.07 Å². The van der Waals surface area contributed by atoms with Crippen molar-refractivity contribution in [3.8, 4) is 0 Å². The molecule has 0 aromatic heterocycles. The number of carbonyl (C=O) groups excluding carboxylic acids is 2. The maximum absolute atomic E-state index is 11.4. The summed E-state index contributed by atoms with van der Waals surface area (Å²) in [4.78, 5) is 24.8. The van der Waals surface area contributed by atoms with Gasteiger partial charge >= 0.3 is 0 Å². The lowest BCUT2D eigenvalue weighted by atomic mass is 10.1. The number of rotatable bonds is 1. The third kappa shape index (κ3) is 1.68. The minimum atomic E-state index is -0.542. The standard InChI is InChI=1S/C12H12N2O3/c15-11-9-2-1-8(7-10(9)13-12(11)16)14-3-5-17-6-4-14/h1-2,7H,3-6H2,(H,13,15,16). The molecule has 0 bridgehead atoms. The fourth-order valence-corrected chi connectivity index (χ4v) is 2.15. The van der Waals surface area contributed by atoms with Crippen LogP contribution in [0.4, 0.5) is 11.4 Å². The number of nitrogens with one attached hydrogen (secondary N) is 1. The highest BCUT2D eigenvalue weighted by atomic mass is 16.5. The second-order valence-electron chi connectivity index (χ2n) is 4.11. The Hall–Kier alpha value is -1.88. The molecule has 2 aliphatic heterocycles. The van der Waals surface area contributed by atoms with Crippen molar-refractivity contribution in [2.24, 2.45) is 0 Å². The number of hydrogen-bond acceptors (Lipinski definition) is 4. The predicted octanol–water partition coefficient (Wildman–Crippen LogP) is 0.658. The van der Waals surface area contributed by atoms with Crippen LogP contribution in [0.1, 0.15) is 10.4 Å². The smallest absolute Gasteiger partial charge is 0.296 e. The number of fused-ring (bicyclic) bond motifs is 1. The Labute approximate surface area is 98.4 Å². The Bertz CT molecular complexity index is 493. The molecule has 2 heterocycles. The van der Waals surface area contributed by atoms with Crippen LogP contribution in [0.3, 0.4) is 0 Å². The molecular weight excluding hydrogens is 220 g/mol. The van der Waals surface area contributed by atoms with Gasteiger partial charge in [-0.2, -0.15) is 0 Å². The number of ether oxygens (including phenoxy) is 1. The minimum Gasteiger partial charge on any atom is -0.378 e. The van der Waals surface area contributed by atoms with Crippen molar-refractivity contribution < 1.29 is 14.3 Å². The molecule has 0 saturated carbocycles. The predicted molar refractivity (Wildman–Crippen MR) is 62.4 cm³/mol. The molecule has 1 fully saturated rings. The summed E-state index contributed by atoms with van der Waals surface area (Å²) >= 11 is 0. The van der Waals surface area contributed by atoms with Gasteiger partial charge in [-0.15, -0.1) is 0 Å². The molecule has 17 heavy (non-hydrogen) atoms. The zero-order valence-corrected chi connectivity index (χ0v) is 9.23. The monoisotopic (exact) mass is 232 g/mol. The summed E-state index contributed by atoms with van der Waals surface area (Å²) in [5, 5.41) is 2.58. The first-order valence-electron chi connectivity index (χ1n) is 5.58. The molecule has 0 aliphatic carbocycles. The lowest BCUT2D eigenvalue weighted by Gasteiger charge is -2.29. The van der Waals surface area contributed by atoms with Crippen LogP contribution in [-0.4, -0.2) is 38.0 Å². The third-order valence-corrected chi connectivity index (χ3v) is 3.08. The number of carbonyl (C=O) groups is 2. The summed E-state index contributed by atoms with van der Waals surface area (Å²) in [5.74, 6) is -0.993. The molecule has 1 amide bonds. The number of ketones is 1. The van der Waals surface area contributed by atoms with Crippen molar-refractivity contribution >= 4 is 23.1 Å². The van der Waals surface area contributed by atoms with E-state index in [0.29, 0.717) is 24.5 Å². The van der Waals surface area contributed by atoms with Crippen molar-refractivity contribution in [1.82, 2.24) is 0 Å². The fourth-order valence-electron chi connectivity index (χ4n) is 2.15. The Morgan fingerprint density at radius 3 is 2.71 bits per heavy atom. The minimum absolute atomic E-state index is 0.450. The topological polar surface area (TPSA) is 58.6 Å². The maximum atomic E-state index is 11.4. The number of Topliss-reactive ketones (excluding diaryl/α,β-unsaturated/α-hetero) is 1. The van der Waals surface area contributed by atoms with Crippen molar-refractivity contribution in [1.29, 1.82) is 0 Å². The largest absolute Gasteiger partial charge is 0.378 e. The molecule has 88 valence electrons. The highest BCUT2D eigenvalue weighted by Gasteiger charge is 2.28. The van der Waals surface area contributed by atoms with Crippen LogP contribution in [0.25, 0.3) is 0 Å². The summed E-state index contributed by atoms with van der Waals surface area (Å²) in [6, 6.07) is 5.44. The molecule has 2 aliphatic rings. The SMILES string of the molecule is O=C1Nc2cc(N3CCOCC3)ccc2C1=O. The molecule has 5 heteroatoms. The van der Waals surface area contributed by atoms with E-state index in [1.165, 1.54) is 0 Å². The van der Waals surface area contributed by atoms with Crippen molar-refractivity contribution in [3.63, 3.8) is 0 Å². The molecule has 0 spiro atoms. The first kappa shape index (κ1) is 10.3. The van der Waals surface area contributed by atoms with E-state index in [1.807, 2.05) is 12.1 Å². The second kappa shape index (κ2) is 3.85. The molecular formula is C12H12N2O3. The van der Waals surface area contributed by atoms with E-state index in [9.17, 15) is 9.59 Å². The molecule has 1 aromatic carbocycles. The van der Waals surface area contributed by atoms with E-state index in [4.69, 9.17) is 4.74 Å². The average molecular weight is 232 g/mol. The normalized spacial score (nSPS) is 19.2. The van der Waals surface area contributed by atoms with Crippen LogP contribution in [0.5, 0.6) is 0 Å². The van der Waals surface area contributed by atoms with E-state index in [2.05, 4.69) is 10.2 Å². The Balaban J connectivity index is 1.92. The van der Waals surface area contributed by atoms with Crippen LogP contribution in [0, 0.1) is 0 Å². The van der Waals surface area contributed by atoms with Crippen molar-refractivity contribution in [2.75, 3.05) is 36.5 Å². The van der Waals surface area contributed by atoms with Gasteiger partial charge in [-0.1, -0.05) is 0 Å². The van der Waals surface area contributed by atoms with Gasteiger partial charge in [0.05, 0.1) is 24.5 Å². The molecule has 5 nitrogen and oxygen atoms in total. The Morgan fingerprint density at radius 2 is 1.94 bits per heavy atom. The molecule has 3 rings (SSSR count). The summed E-state index contributed by atoms with van der Waals surface area (Å²) in [7, 11) is 0. The van der Waals surface area contributed by atoms with Gasteiger partial charge in [0, 0.05) is 18.8 Å². The van der Waals surface area contributed by atoms with Crippen LogP contribution < -0.4 is 10.2 Å². The summed E-state index contributed by atoms with van der Waals surface area (Å²) in [5.41, 5.74) is 2.10. The average Bonchev–Trinajstić information content (AvgIpc) is 2.66. The van der Waals surface area contributed by atoms with Crippen LogP contribution in [0.15, 0.2) is 18.2 Å². The molecule has 1 aromatic rings. The third-order valence-electron chi connectivity index (χ3n) is 3.08. The highest BCUT2D eigenvalue weighted by molar-refractivity contribution is 6.51. The summed E-state index contributed by atoms with van der Waals surface area (Å²) < 4.78 is 5.28. The van der Waals surface area contributed by atoms with Crippen molar-refractivity contribution in [3.05, 3.63) is 23.8 Å². The fraction of sp³-hybridized carbons (Fsp3) is 0.333. The Morgan fingerprint density at radius 1 is 1.18 bits per heavy atom. The first-order chi connectivity index (χ1) is 8.25. The van der Waals surface area contributed by atoms with Gasteiger partial charge in [-0.3, -0.25) is 9.59 Å². The number of anilines is 2. The van der Waals surface area contributed by atoms with Gasteiger partial charge in [0.1, 0.15) is 0 Å². The molecule has 0 radical (unpaired) electrons. The van der Waals surface area contributed by atoms with Gasteiger partial charge in [0.2, 0.25) is 0 Å².